The number of aryl methyl sites for hydroxylation is 1. The quantitative estimate of drug-likeness (QED) is 0.551. The van der Waals surface area contributed by atoms with Crippen LogP contribution in [0.4, 0.5) is 5.69 Å². The van der Waals surface area contributed by atoms with Crippen molar-refractivity contribution in [3.8, 4) is 0 Å². The first-order valence-corrected chi connectivity index (χ1v) is 9.02. The number of anilines is 1. The second-order valence-electron chi connectivity index (χ2n) is 7.07. The fourth-order valence-corrected chi connectivity index (χ4v) is 3.59. The van der Waals surface area contributed by atoms with E-state index in [9.17, 15) is 14.4 Å². The van der Waals surface area contributed by atoms with Crippen molar-refractivity contribution in [3.63, 3.8) is 0 Å². The van der Waals surface area contributed by atoms with Gasteiger partial charge in [-0.25, -0.2) is 4.79 Å². The number of primary amides is 1. The van der Waals surface area contributed by atoms with Crippen LogP contribution in [0.3, 0.4) is 0 Å². The molecule has 2 heterocycles. The highest BCUT2D eigenvalue weighted by atomic mass is 16.5. The number of methoxy groups -OCH3 is 1. The Bertz CT molecular complexity index is 881. The number of carbonyl (C=O) groups is 3. The number of hydrogen-bond donors (Lipinski definition) is 4. The summed E-state index contributed by atoms with van der Waals surface area (Å²) in [5.41, 5.74) is 7.80. The Hall–Kier alpha value is -2.87. The van der Waals surface area contributed by atoms with E-state index < -0.39 is 5.97 Å². The topological polar surface area (TPSA) is 119 Å². The largest absolute Gasteiger partial charge is 0.464 e. The molecule has 1 saturated heterocycles. The number of aromatic amines is 1. The van der Waals surface area contributed by atoms with Gasteiger partial charge in [0.05, 0.1) is 25.9 Å². The smallest absolute Gasteiger partial charge is 0.356 e. The first kappa shape index (κ1) is 18.9. The summed E-state index contributed by atoms with van der Waals surface area (Å²) in [6.07, 6.45) is 1.38. The molecule has 0 radical (unpaired) electrons. The molecule has 0 atom stereocenters. The summed E-state index contributed by atoms with van der Waals surface area (Å²) in [7, 11) is 1.30. The van der Waals surface area contributed by atoms with E-state index in [1.54, 1.807) is 0 Å². The second kappa shape index (κ2) is 7.79. The van der Waals surface area contributed by atoms with Gasteiger partial charge in [0.25, 0.3) is 5.91 Å². The molecule has 1 aliphatic heterocycles. The number of rotatable bonds is 5. The maximum absolute atomic E-state index is 12.6. The second-order valence-corrected chi connectivity index (χ2v) is 7.07. The molecule has 8 heteroatoms. The maximum atomic E-state index is 12.6. The molecule has 0 spiro atoms. The summed E-state index contributed by atoms with van der Waals surface area (Å²) in [5, 5.41) is 3.64. The van der Waals surface area contributed by atoms with Crippen LogP contribution in [0.15, 0.2) is 18.2 Å². The van der Waals surface area contributed by atoms with Crippen molar-refractivity contribution in [1.82, 2.24) is 4.98 Å². The van der Waals surface area contributed by atoms with Gasteiger partial charge in [0.1, 0.15) is 5.69 Å². The Morgan fingerprint density at radius 2 is 2.00 bits per heavy atom. The lowest BCUT2D eigenvalue weighted by Gasteiger charge is -2.27. The summed E-state index contributed by atoms with van der Waals surface area (Å²) in [6, 6.07) is 5.71. The number of carbonyl (C=O) groups excluding carboxylic acids is 3. The molecular weight excluding hydrogens is 348 g/mol. The van der Waals surface area contributed by atoms with Gasteiger partial charge in [0, 0.05) is 29.7 Å². The Kier molecular flexibility index (Phi) is 5.46. The molecule has 0 saturated carbocycles. The minimum atomic E-state index is -0.534. The van der Waals surface area contributed by atoms with Gasteiger partial charge < -0.3 is 25.7 Å². The molecule has 1 aromatic carbocycles. The number of piperidine rings is 1. The van der Waals surface area contributed by atoms with Crippen LogP contribution < -0.4 is 16.0 Å². The molecule has 0 bridgehead atoms. The van der Waals surface area contributed by atoms with Crippen molar-refractivity contribution >= 4 is 34.4 Å². The number of fused-ring (bicyclic) bond motifs is 1. The van der Waals surface area contributed by atoms with Gasteiger partial charge in [-0.15, -0.1) is 0 Å². The van der Waals surface area contributed by atoms with Crippen LogP contribution in [-0.4, -0.2) is 49.5 Å². The third-order valence-electron chi connectivity index (χ3n) is 5.11. The average Bonchev–Trinajstić information content (AvgIpc) is 2.99. The fraction of sp³-hybridized carbons (Fsp3) is 0.421. The monoisotopic (exact) mass is 373 g/mol. The van der Waals surface area contributed by atoms with Crippen molar-refractivity contribution in [2.75, 3.05) is 32.1 Å². The lowest BCUT2D eigenvalue weighted by molar-refractivity contribution is -0.897. The van der Waals surface area contributed by atoms with Crippen molar-refractivity contribution in [2.45, 2.75) is 19.8 Å². The molecule has 3 rings (SSSR count). The Morgan fingerprint density at radius 1 is 1.30 bits per heavy atom. The number of hydrogen-bond acceptors (Lipinski definition) is 4. The molecule has 2 amide bonds. The maximum Gasteiger partial charge on any atom is 0.356 e. The zero-order valence-corrected chi connectivity index (χ0v) is 15.6. The summed E-state index contributed by atoms with van der Waals surface area (Å²) in [6.45, 7) is 3.66. The molecule has 1 fully saturated rings. The van der Waals surface area contributed by atoms with Crippen LogP contribution in [0.1, 0.15) is 28.9 Å². The summed E-state index contributed by atoms with van der Waals surface area (Å²) in [4.78, 5) is 40.1. The van der Waals surface area contributed by atoms with E-state index in [2.05, 4.69) is 10.3 Å². The summed E-state index contributed by atoms with van der Waals surface area (Å²) < 4.78 is 4.83. The van der Waals surface area contributed by atoms with Crippen LogP contribution in [-0.2, 0) is 14.3 Å². The van der Waals surface area contributed by atoms with Gasteiger partial charge in [-0.3, -0.25) is 9.59 Å². The molecule has 0 unspecified atom stereocenters. The third-order valence-corrected chi connectivity index (χ3v) is 5.11. The van der Waals surface area contributed by atoms with Gasteiger partial charge in [-0.2, -0.15) is 0 Å². The van der Waals surface area contributed by atoms with E-state index in [4.69, 9.17) is 10.5 Å². The van der Waals surface area contributed by atoms with E-state index in [1.165, 1.54) is 7.11 Å². The van der Waals surface area contributed by atoms with Gasteiger partial charge in [-0.05, 0) is 19.1 Å². The van der Waals surface area contributed by atoms with E-state index in [1.807, 2.05) is 25.1 Å². The highest BCUT2D eigenvalue weighted by Gasteiger charge is 2.28. The molecule has 144 valence electrons. The predicted octanol–water partition coefficient (Wildman–Crippen LogP) is -0.0184. The number of ether oxygens (including phenoxy) is 1. The lowest BCUT2D eigenvalue weighted by Crippen LogP contribution is -3.14. The van der Waals surface area contributed by atoms with Crippen molar-refractivity contribution in [1.29, 1.82) is 0 Å². The molecule has 1 aromatic heterocycles. The Balaban J connectivity index is 1.75. The molecular formula is C19H25N4O4+. The number of benzene rings is 1. The Labute approximate surface area is 157 Å². The van der Waals surface area contributed by atoms with Gasteiger partial charge in [-0.1, -0.05) is 11.6 Å². The average molecular weight is 373 g/mol. The minimum absolute atomic E-state index is 0.0978. The third kappa shape index (κ3) is 4.11. The molecule has 1 aliphatic rings. The number of amides is 2. The molecule has 27 heavy (non-hydrogen) atoms. The minimum Gasteiger partial charge on any atom is -0.464 e. The fourth-order valence-electron chi connectivity index (χ4n) is 3.59. The number of esters is 1. The van der Waals surface area contributed by atoms with Crippen LogP contribution in [0.25, 0.3) is 10.9 Å². The van der Waals surface area contributed by atoms with E-state index in [0.717, 1.165) is 34.5 Å². The summed E-state index contributed by atoms with van der Waals surface area (Å²) in [5.74, 6) is -1.08. The van der Waals surface area contributed by atoms with Crippen LogP contribution in [0.5, 0.6) is 0 Å². The molecule has 0 aliphatic carbocycles. The van der Waals surface area contributed by atoms with E-state index >= 15 is 0 Å². The van der Waals surface area contributed by atoms with Gasteiger partial charge in [0.15, 0.2) is 6.54 Å². The van der Waals surface area contributed by atoms with Crippen LogP contribution in [0.2, 0.25) is 0 Å². The number of nitrogens with two attached hydrogens (primary N) is 1. The van der Waals surface area contributed by atoms with Crippen LogP contribution in [0, 0.1) is 12.8 Å². The molecule has 5 N–H and O–H groups in total. The number of likely N-dealkylation sites (tertiary alicyclic amines) is 1. The standard InChI is InChI=1S/C19H24N4O4/c1-11-3-4-14-13(9-11)16(17(21-14)19(26)27-2)22-15(24)10-23-7-5-12(6-8-23)18(20)25/h3-4,9,12,21H,5-8,10H2,1-2H3,(H2,20,25)(H,22,24)/p+1. The van der Waals surface area contributed by atoms with Gasteiger partial charge >= 0.3 is 5.97 Å². The SMILES string of the molecule is COC(=O)c1[nH]c2ccc(C)cc2c1NC(=O)C[NH+]1CCC(C(N)=O)CC1. The Morgan fingerprint density at radius 3 is 2.63 bits per heavy atom. The molecule has 2 aromatic rings. The van der Waals surface area contributed by atoms with E-state index in [0.29, 0.717) is 18.5 Å². The van der Waals surface area contributed by atoms with Crippen LogP contribution >= 0.6 is 0 Å². The van der Waals surface area contributed by atoms with Crippen molar-refractivity contribution < 1.29 is 24.0 Å². The lowest BCUT2D eigenvalue weighted by atomic mass is 9.96. The van der Waals surface area contributed by atoms with E-state index in [-0.39, 0.29) is 30.0 Å². The first-order chi connectivity index (χ1) is 12.9. The highest BCUT2D eigenvalue weighted by molar-refractivity contribution is 6.11. The van der Waals surface area contributed by atoms with Gasteiger partial charge in [0.2, 0.25) is 5.91 Å². The first-order valence-electron chi connectivity index (χ1n) is 9.02. The van der Waals surface area contributed by atoms with Crippen molar-refractivity contribution in [3.05, 3.63) is 29.5 Å². The zero-order chi connectivity index (χ0) is 19.6. The molecule has 8 nitrogen and oxygen atoms in total. The zero-order valence-electron chi connectivity index (χ0n) is 15.6. The number of quaternary nitrogens is 1. The normalized spacial score (nSPS) is 19.6. The summed E-state index contributed by atoms with van der Waals surface area (Å²) >= 11 is 0. The number of H-pyrrole nitrogens is 1. The number of aromatic nitrogens is 1. The number of nitrogens with one attached hydrogen (secondary N) is 3. The van der Waals surface area contributed by atoms with Crippen molar-refractivity contribution in [2.24, 2.45) is 11.7 Å². The highest BCUT2D eigenvalue weighted by Crippen LogP contribution is 2.29. The predicted molar refractivity (Wildman–Crippen MR) is 100 cm³/mol.